The molecule has 234 valence electrons. The van der Waals surface area contributed by atoms with Crippen LogP contribution in [0, 0.1) is 0 Å². The molecule has 5 nitrogen and oxygen atoms in total. The highest BCUT2D eigenvalue weighted by molar-refractivity contribution is 6.30. The number of carboxylic acid groups (broad SMARTS) is 1. The van der Waals surface area contributed by atoms with E-state index in [1.807, 2.05) is 49.4 Å². The van der Waals surface area contributed by atoms with Crippen molar-refractivity contribution in [3.63, 3.8) is 0 Å². The number of ether oxygens (including phenoxy) is 2. The van der Waals surface area contributed by atoms with Crippen molar-refractivity contribution in [3.05, 3.63) is 113 Å². The number of methoxy groups -OCH3 is 1. The van der Waals surface area contributed by atoms with Gasteiger partial charge in [-0.2, -0.15) is 0 Å². The zero-order valence-corrected chi connectivity index (χ0v) is 27.0. The van der Waals surface area contributed by atoms with E-state index in [-0.39, 0.29) is 0 Å². The molecule has 1 aliphatic rings. The quantitative estimate of drug-likeness (QED) is 0.123. The van der Waals surface area contributed by atoms with Crippen molar-refractivity contribution in [2.75, 3.05) is 20.3 Å². The Morgan fingerprint density at radius 3 is 2.37 bits per heavy atom. The number of fused-ring (bicyclic) bond motifs is 1. The molecule has 1 N–H and O–H groups in total. The van der Waals surface area contributed by atoms with Crippen molar-refractivity contribution in [2.24, 2.45) is 0 Å². The fraction of sp³-hybridized carbons (Fsp3) is 0.250. The Morgan fingerprint density at radius 2 is 1.61 bits per heavy atom. The molecule has 1 heterocycles. The van der Waals surface area contributed by atoms with E-state index in [9.17, 15) is 9.90 Å². The third-order valence-corrected chi connectivity index (χ3v) is 9.12. The highest BCUT2D eigenvalue weighted by Crippen LogP contribution is 2.41. The number of carbonyl (C=O) groups is 1. The number of aromatic nitrogens is 1. The summed E-state index contributed by atoms with van der Waals surface area (Å²) in [5, 5.41) is 11.1. The van der Waals surface area contributed by atoms with E-state index in [4.69, 9.17) is 26.1 Å². The summed E-state index contributed by atoms with van der Waals surface area (Å²) in [5.74, 6) is 0.296. The van der Waals surface area contributed by atoms with E-state index in [1.165, 1.54) is 36.5 Å². The lowest BCUT2D eigenvalue weighted by atomic mass is 9.79. The average molecular weight is 632 g/mol. The van der Waals surface area contributed by atoms with Gasteiger partial charge in [0.05, 0.1) is 17.8 Å². The normalized spacial score (nSPS) is 14.0. The van der Waals surface area contributed by atoms with E-state index < -0.39 is 5.97 Å². The van der Waals surface area contributed by atoms with Crippen molar-refractivity contribution < 1.29 is 19.4 Å². The van der Waals surface area contributed by atoms with Gasteiger partial charge in [0.15, 0.2) is 0 Å². The first kappa shape index (κ1) is 31.5. The topological polar surface area (TPSA) is 68.7 Å². The molecule has 1 saturated carbocycles. The first-order valence-electron chi connectivity index (χ1n) is 15.9. The van der Waals surface area contributed by atoms with Crippen molar-refractivity contribution in [3.8, 4) is 39.3 Å². The van der Waals surface area contributed by atoms with Gasteiger partial charge in [-0.05, 0) is 107 Å². The van der Waals surface area contributed by atoms with Crippen LogP contribution in [-0.2, 0) is 9.53 Å². The van der Waals surface area contributed by atoms with Crippen LogP contribution in [0.2, 0.25) is 5.02 Å². The van der Waals surface area contributed by atoms with E-state index >= 15 is 0 Å². The molecule has 5 aromatic rings. The van der Waals surface area contributed by atoms with E-state index in [0.717, 1.165) is 68.6 Å². The minimum Gasteiger partial charge on any atom is -0.491 e. The van der Waals surface area contributed by atoms with Gasteiger partial charge in [0.2, 0.25) is 0 Å². The Hall–Kier alpha value is -4.45. The van der Waals surface area contributed by atoms with Gasteiger partial charge in [-0.25, -0.2) is 9.78 Å². The second kappa shape index (κ2) is 14.3. The van der Waals surface area contributed by atoms with Crippen LogP contribution in [0.3, 0.4) is 0 Å². The number of aliphatic carboxylic acids is 1. The van der Waals surface area contributed by atoms with Crippen LogP contribution < -0.4 is 4.74 Å². The molecule has 46 heavy (non-hydrogen) atoms. The SMILES string of the molecule is COCCOc1ccc(-c2ccc(Cl)cc2)c(-c2ccc3cc(-c4ccc(C(C)=CC(=O)O)cc4C4CCCCC4)ccc3n2)c1. The number of carboxylic acids is 1. The fourth-order valence-electron chi connectivity index (χ4n) is 6.48. The summed E-state index contributed by atoms with van der Waals surface area (Å²) in [6, 6.07) is 31.0. The smallest absolute Gasteiger partial charge is 0.328 e. The van der Waals surface area contributed by atoms with Crippen molar-refractivity contribution in [1.29, 1.82) is 0 Å². The maximum absolute atomic E-state index is 11.4. The molecule has 0 saturated heterocycles. The van der Waals surface area contributed by atoms with Gasteiger partial charge in [0, 0.05) is 29.2 Å². The zero-order valence-electron chi connectivity index (χ0n) is 26.3. The number of rotatable bonds is 10. The molecule has 0 atom stereocenters. The van der Waals surface area contributed by atoms with Gasteiger partial charge < -0.3 is 14.6 Å². The van der Waals surface area contributed by atoms with Crippen LogP contribution in [0.4, 0.5) is 0 Å². The maximum atomic E-state index is 11.4. The largest absolute Gasteiger partial charge is 0.491 e. The molecule has 0 bridgehead atoms. The lowest BCUT2D eigenvalue weighted by Crippen LogP contribution is -2.07. The number of hydrogen-bond acceptors (Lipinski definition) is 4. The van der Waals surface area contributed by atoms with Crippen LogP contribution in [-0.4, -0.2) is 36.4 Å². The standard InChI is InChI=1S/C40H38ClNO4/c1-26(22-40(43)44)29-10-16-35(36(24-29)27-6-4-3-5-7-27)30-11-18-38-31(23-30)12-19-39(42-38)37-25-33(46-21-20-45-2)15-17-34(37)28-8-13-32(41)14-9-28/h8-19,22-25,27H,3-7,20-21H2,1-2H3,(H,43,44). The second-order valence-electron chi connectivity index (χ2n) is 12.0. The lowest BCUT2D eigenvalue weighted by Gasteiger charge is -2.25. The number of halogens is 1. The minimum absolute atomic E-state index is 0.460. The molecule has 6 rings (SSSR count). The summed E-state index contributed by atoms with van der Waals surface area (Å²) in [7, 11) is 1.66. The Balaban J connectivity index is 1.40. The van der Waals surface area contributed by atoms with Gasteiger partial charge in [0.25, 0.3) is 0 Å². The predicted molar refractivity (Wildman–Crippen MR) is 188 cm³/mol. The van der Waals surface area contributed by atoms with Crippen molar-refractivity contribution in [2.45, 2.75) is 44.9 Å². The van der Waals surface area contributed by atoms with Crippen LogP contribution in [0.25, 0.3) is 50.0 Å². The van der Waals surface area contributed by atoms with Crippen LogP contribution >= 0.6 is 11.6 Å². The molecular formula is C40H38ClNO4. The van der Waals surface area contributed by atoms with Gasteiger partial charge in [0.1, 0.15) is 12.4 Å². The fourth-order valence-corrected chi connectivity index (χ4v) is 6.61. The number of nitrogens with zero attached hydrogens (tertiary/aromatic N) is 1. The number of benzene rings is 4. The van der Waals surface area contributed by atoms with E-state index in [0.29, 0.717) is 24.2 Å². The zero-order chi connectivity index (χ0) is 32.0. The molecule has 0 unspecified atom stereocenters. The average Bonchev–Trinajstić information content (AvgIpc) is 3.08. The summed E-state index contributed by atoms with van der Waals surface area (Å²) in [4.78, 5) is 16.5. The summed E-state index contributed by atoms with van der Waals surface area (Å²) >= 11 is 6.20. The second-order valence-corrected chi connectivity index (χ2v) is 12.4. The van der Waals surface area contributed by atoms with Gasteiger partial charge in [-0.1, -0.05) is 79.4 Å². The highest BCUT2D eigenvalue weighted by atomic mass is 35.5. The molecule has 0 spiro atoms. The third kappa shape index (κ3) is 7.17. The van der Waals surface area contributed by atoms with Crippen LogP contribution in [0.15, 0.2) is 97.1 Å². The number of pyridine rings is 1. The van der Waals surface area contributed by atoms with Gasteiger partial charge in [-0.3, -0.25) is 0 Å². The molecule has 6 heteroatoms. The minimum atomic E-state index is -0.923. The van der Waals surface area contributed by atoms with E-state index in [2.05, 4.69) is 48.5 Å². The molecule has 1 fully saturated rings. The Morgan fingerprint density at radius 1 is 0.848 bits per heavy atom. The Labute approximate surface area is 275 Å². The number of hydrogen-bond donors (Lipinski definition) is 1. The Kier molecular flexibility index (Phi) is 9.82. The first-order chi connectivity index (χ1) is 22.4. The van der Waals surface area contributed by atoms with E-state index in [1.54, 1.807) is 7.11 Å². The van der Waals surface area contributed by atoms with Crippen molar-refractivity contribution >= 4 is 34.0 Å². The molecule has 1 aromatic heterocycles. The summed E-state index contributed by atoms with van der Waals surface area (Å²) in [6.45, 7) is 2.84. The van der Waals surface area contributed by atoms with Crippen LogP contribution in [0.5, 0.6) is 5.75 Å². The summed E-state index contributed by atoms with van der Waals surface area (Å²) in [6.07, 6.45) is 7.31. The van der Waals surface area contributed by atoms with Gasteiger partial charge >= 0.3 is 5.97 Å². The third-order valence-electron chi connectivity index (χ3n) is 8.87. The molecule has 4 aromatic carbocycles. The Bertz CT molecular complexity index is 1890. The van der Waals surface area contributed by atoms with Gasteiger partial charge in [-0.15, -0.1) is 0 Å². The first-order valence-corrected chi connectivity index (χ1v) is 16.3. The maximum Gasteiger partial charge on any atom is 0.328 e. The van der Waals surface area contributed by atoms with Crippen LogP contribution in [0.1, 0.15) is 56.1 Å². The monoisotopic (exact) mass is 631 g/mol. The lowest BCUT2D eigenvalue weighted by molar-refractivity contribution is -0.131. The summed E-state index contributed by atoms with van der Waals surface area (Å²) in [5.41, 5.74) is 10.2. The highest BCUT2D eigenvalue weighted by Gasteiger charge is 2.21. The molecule has 0 amide bonds. The van der Waals surface area contributed by atoms with Crippen molar-refractivity contribution in [1.82, 2.24) is 4.98 Å². The summed E-state index contributed by atoms with van der Waals surface area (Å²) < 4.78 is 11.1. The molecule has 0 aliphatic heterocycles. The molecular weight excluding hydrogens is 594 g/mol. The number of allylic oxidation sites excluding steroid dienone is 1. The molecule has 0 radical (unpaired) electrons. The molecule has 1 aliphatic carbocycles. The predicted octanol–water partition coefficient (Wildman–Crippen LogP) is 10.4.